The van der Waals surface area contributed by atoms with Crippen LogP contribution in [0.2, 0.25) is 0 Å². The maximum atomic E-state index is 10.6. The van der Waals surface area contributed by atoms with Crippen LogP contribution >= 0.6 is 0 Å². The van der Waals surface area contributed by atoms with E-state index in [2.05, 4.69) is 0 Å². The number of hydrogen-bond donors (Lipinski definition) is 2. The number of rotatable bonds is 4. The van der Waals surface area contributed by atoms with Crippen molar-refractivity contribution in [2.75, 3.05) is 0 Å². The zero-order valence-corrected chi connectivity index (χ0v) is 7.24. The molecule has 0 bridgehead atoms. The highest BCUT2D eigenvalue weighted by atomic mass is 16.4. The minimum absolute atomic E-state index is 0.0347. The Morgan fingerprint density at radius 3 is 2.00 bits per heavy atom. The van der Waals surface area contributed by atoms with Crippen LogP contribution in [0.15, 0.2) is 0 Å². The molecule has 66 valence electrons. The molecule has 0 aromatic carbocycles. The van der Waals surface area contributed by atoms with Crippen molar-refractivity contribution in [2.45, 2.75) is 33.3 Å². The molecule has 2 N–H and O–H groups in total. The lowest BCUT2D eigenvalue weighted by Crippen LogP contribution is -2.31. The molecule has 0 aromatic heterocycles. The molecule has 0 heterocycles. The summed E-state index contributed by atoms with van der Waals surface area (Å²) in [5.74, 6) is -1.50. The van der Waals surface area contributed by atoms with E-state index in [0.717, 1.165) is 6.42 Å². The third kappa shape index (κ3) is 2.89. The monoisotopic (exact) mass is 160 g/mol. The van der Waals surface area contributed by atoms with Crippen molar-refractivity contribution < 1.29 is 15.0 Å². The first kappa shape index (κ1) is 10.4. The summed E-state index contributed by atoms with van der Waals surface area (Å²) < 4.78 is 0. The lowest BCUT2D eigenvalue weighted by Gasteiger charge is -2.20. The molecule has 3 heteroatoms. The number of aliphatic hydroxyl groups excluding tert-OH is 1. The molecule has 11 heavy (non-hydrogen) atoms. The minimum Gasteiger partial charge on any atom is -0.481 e. The van der Waals surface area contributed by atoms with E-state index >= 15 is 0 Å². The van der Waals surface area contributed by atoms with E-state index in [9.17, 15) is 4.79 Å². The highest BCUT2D eigenvalue weighted by Gasteiger charge is 2.27. The minimum atomic E-state index is -0.908. The van der Waals surface area contributed by atoms with Gasteiger partial charge in [-0.15, -0.1) is 0 Å². The summed E-state index contributed by atoms with van der Waals surface area (Å²) in [7, 11) is 0. The average Bonchev–Trinajstić information content (AvgIpc) is 1.85. The van der Waals surface area contributed by atoms with Gasteiger partial charge in [0.15, 0.2) is 0 Å². The largest absolute Gasteiger partial charge is 0.481 e. The highest BCUT2D eigenvalue weighted by Crippen LogP contribution is 2.18. The lowest BCUT2D eigenvalue weighted by atomic mass is 9.88. The topological polar surface area (TPSA) is 57.5 Å². The molecule has 0 rings (SSSR count). The molecule has 3 atom stereocenters. The van der Waals surface area contributed by atoms with Gasteiger partial charge in [0.25, 0.3) is 0 Å². The molecule has 0 spiro atoms. The van der Waals surface area contributed by atoms with Gasteiger partial charge in [-0.3, -0.25) is 4.79 Å². The van der Waals surface area contributed by atoms with Gasteiger partial charge in [-0.25, -0.2) is 0 Å². The Hall–Kier alpha value is -0.570. The van der Waals surface area contributed by atoms with Crippen LogP contribution in [-0.4, -0.2) is 22.3 Å². The SMILES string of the molecule is CCC(C)[C@@H](C(=O)O)[C@@H](C)O. The summed E-state index contributed by atoms with van der Waals surface area (Å²) in [6, 6.07) is 0. The molecule has 0 aromatic rings. The first-order valence-electron chi connectivity index (χ1n) is 3.91. The summed E-state index contributed by atoms with van der Waals surface area (Å²) in [6.07, 6.45) is 0.0180. The number of carboxylic acids is 1. The molecule has 3 nitrogen and oxygen atoms in total. The second kappa shape index (κ2) is 4.34. The fourth-order valence-electron chi connectivity index (χ4n) is 1.18. The molecule has 1 unspecified atom stereocenters. The van der Waals surface area contributed by atoms with Crippen molar-refractivity contribution in [2.24, 2.45) is 11.8 Å². The fraction of sp³-hybridized carbons (Fsp3) is 0.875. The van der Waals surface area contributed by atoms with Gasteiger partial charge in [0.2, 0.25) is 0 Å². The van der Waals surface area contributed by atoms with Crippen LogP contribution < -0.4 is 0 Å². The molecule has 0 fully saturated rings. The van der Waals surface area contributed by atoms with E-state index < -0.39 is 18.0 Å². The van der Waals surface area contributed by atoms with Gasteiger partial charge < -0.3 is 10.2 Å². The van der Waals surface area contributed by atoms with E-state index in [4.69, 9.17) is 10.2 Å². The van der Waals surface area contributed by atoms with Gasteiger partial charge in [-0.2, -0.15) is 0 Å². The predicted molar refractivity (Wildman–Crippen MR) is 42.3 cm³/mol. The molecular formula is C8H16O3. The van der Waals surface area contributed by atoms with Crippen LogP contribution in [0.5, 0.6) is 0 Å². The van der Waals surface area contributed by atoms with Crippen molar-refractivity contribution in [1.29, 1.82) is 0 Å². The summed E-state index contributed by atoms with van der Waals surface area (Å²) in [5.41, 5.74) is 0. The van der Waals surface area contributed by atoms with Crippen LogP contribution in [0.1, 0.15) is 27.2 Å². The maximum absolute atomic E-state index is 10.6. The van der Waals surface area contributed by atoms with Crippen molar-refractivity contribution in [3.8, 4) is 0 Å². The van der Waals surface area contributed by atoms with Crippen LogP contribution in [0, 0.1) is 11.8 Å². The summed E-state index contributed by atoms with van der Waals surface area (Å²) in [5, 5.41) is 17.8. The highest BCUT2D eigenvalue weighted by molar-refractivity contribution is 5.70. The quantitative estimate of drug-likeness (QED) is 0.647. The Morgan fingerprint density at radius 2 is 1.91 bits per heavy atom. The van der Waals surface area contributed by atoms with E-state index in [1.54, 1.807) is 0 Å². The number of aliphatic carboxylic acids is 1. The molecule has 0 radical (unpaired) electrons. The molecule has 0 saturated heterocycles. The van der Waals surface area contributed by atoms with Crippen LogP contribution in [0.3, 0.4) is 0 Å². The zero-order chi connectivity index (χ0) is 9.02. The first-order chi connectivity index (χ1) is 5.00. The van der Waals surface area contributed by atoms with Crippen LogP contribution in [0.25, 0.3) is 0 Å². The van der Waals surface area contributed by atoms with Crippen molar-refractivity contribution in [3.63, 3.8) is 0 Å². The molecule has 0 amide bonds. The van der Waals surface area contributed by atoms with Gasteiger partial charge in [-0.05, 0) is 12.8 Å². The van der Waals surface area contributed by atoms with E-state index in [1.807, 2.05) is 13.8 Å². The normalized spacial score (nSPS) is 18.9. The summed E-state index contributed by atoms with van der Waals surface area (Å²) >= 11 is 0. The molecular weight excluding hydrogens is 144 g/mol. The maximum Gasteiger partial charge on any atom is 0.309 e. The average molecular weight is 160 g/mol. The Balaban J connectivity index is 4.21. The lowest BCUT2D eigenvalue weighted by molar-refractivity contribution is -0.147. The van der Waals surface area contributed by atoms with Crippen molar-refractivity contribution in [3.05, 3.63) is 0 Å². The van der Waals surface area contributed by atoms with Crippen molar-refractivity contribution >= 4 is 5.97 Å². The van der Waals surface area contributed by atoms with Gasteiger partial charge in [0, 0.05) is 0 Å². The smallest absolute Gasteiger partial charge is 0.309 e. The Kier molecular flexibility index (Phi) is 4.11. The van der Waals surface area contributed by atoms with Gasteiger partial charge in [0.05, 0.1) is 12.0 Å². The van der Waals surface area contributed by atoms with Crippen LogP contribution in [-0.2, 0) is 4.79 Å². The number of carbonyl (C=O) groups is 1. The van der Waals surface area contributed by atoms with Gasteiger partial charge in [0.1, 0.15) is 0 Å². The van der Waals surface area contributed by atoms with Gasteiger partial charge in [-0.1, -0.05) is 20.3 Å². The fourth-order valence-corrected chi connectivity index (χ4v) is 1.18. The molecule has 0 saturated carbocycles. The molecule has 0 aliphatic carbocycles. The van der Waals surface area contributed by atoms with E-state index in [0.29, 0.717) is 0 Å². The Morgan fingerprint density at radius 1 is 1.45 bits per heavy atom. The predicted octanol–water partition coefficient (Wildman–Crippen LogP) is 1.11. The van der Waals surface area contributed by atoms with Gasteiger partial charge >= 0.3 is 5.97 Å². The first-order valence-corrected chi connectivity index (χ1v) is 3.91. The second-order valence-corrected chi connectivity index (χ2v) is 2.99. The third-order valence-corrected chi connectivity index (χ3v) is 2.06. The van der Waals surface area contributed by atoms with E-state index in [1.165, 1.54) is 6.92 Å². The number of hydrogen-bond acceptors (Lipinski definition) is 2. The van der Waals surface area contributed by atoms with Crippen LogP contribution in [0.4, 0.5) is 0 Å². The summed E-state index contributed by atoms with van der Waals surface area (Å²) in [6.45, 7) is 5.28. The Bertz CT molecular complexity index is 131. The van der Waals surface area contributed by atoms with Crippen molar-refractivity contribution in [1.82, 2.24) is 0 Å². The second-order valence-electron chi connectivity index (χ2n) is 2.99. The molecule has 0 aliphatic rings. The number of carboxylic acid groups (broad SMARTS) is 1. The standard InChI is InChI=1S/C8H16O3/c1-4-5(2)7(6(3)9)8(10)11/h5-7,9H,4H2,1-3H3,(H,10,11)/t5?,6-,7-/m1/s1. The van der Waals surface area contributed by atoms with E-state index in [-0.39, 0.29) is 5.92 Å². The number of aliphatic hydroxyl groups is 1. The molecule has 0 aliphatic heterocycles. The Labute approximate surface area is 67.0 Å². The summed E-state index contributed by atoms with van der Waals surface area (Å²) in [4.78, 5) is 10.6. The zero-order valence-electron chi connectivity index (χ0n) is 7.24. The third-order valence-electron chi connectivity index (χ3n) is 2.06.